The van der Waals surface area contributed by atoms with Gasteiger partial charge in [-0.1, -0.05) is 48.5 Å². The van der Waals surface area contributed by atoms with Crippen LogP contribution in [0.25, 0.3) is 11.1 Å². The van der Waals surface area contributed by atoms with E-state index in [1.807, 2.05) is 7.05 Å². The lowest BCUT2D eigenvalue weighted by Crippen LogP contribution is -2.27. The third kappa shape index (κ3) is 2.26. The van der Waals surface area contributed by atoms with Gasteiger partial charge in [-0.05, 0) is 55.9 Å². The van der Waals surface area contributed by atoms with Crippen LogP contribution in [-0.2, 0) is 0 Å². The Hall–Kier alpha value is -1.64. The minimum absolute atomic E-state index is 0.402. The summed E-state index contributed by atoms with van der Waals surface area (Å²) in [6.45, 7) is 2.18. The van der Waals surface area contributed by atoms with Crippen molar-refractivity contribution in [3.8, 4) is 11.1 Å². The largest absolute Gasteiger partial charge is 0.320 e. The fraction of sp³-hybridized carbons (Fsp3) is 0.333. The summed E-state index contributed by atoms with van der Waals surface area (Å²) in [4.78, 5) is 2.47. The molecule has 0 saturated carbocycles. The van der Waals surface area contributed by atoms with Gasteiger partial charge in [0.2, 0.25) is 0 Å². The molecule has 1 aliphatic rings. The lowest BCUT2D eigenvalue weighted by atomic mass is 10.0. The lowest BCUT2D eigenvalue weighted by molar-refractivity contribution is 0.279. The SMILES string of the molecule is CNCCCN(C)C1c2ccccc2-c2ccccc21. The van der Waals surface area contributed by atoms with Gasteiger partial charge in [0.15, 0.2) is 0 Å². The van der Waals surface area contributed by atoms with Gasteiger partial charge in [-0.15, -0.1) is 0 Å². The van der Waals surface area contributed by atoms with Gasteiger partial charge in [0.05, 0.1) is 6.04 Å². The molecule has 104 valence electrons. The first-order valence-corrected chi connectivity index (χ1v) is 7.36. The van der Waals surface area contributed by atoms with E-state index < -0.39 is 0 Å². The Kier molecular flexibility index (Phi) is 3.86. The van der Waals surface area contributed by atoms with Gasteiger partial charge >= 0.3 is 0 Å². The molecular weight excluding hydrogens is 244 g/mol. The van der Waals surface area contributed by atoms with E-state index in [-0.39, 0.29) is 0 Å². The van der Waals surface area contributed by atoms with Gasteiger partial charge in [0.25, 0.3) is 0 Å². The van der Waals surface area contributed by atoms with Crippen LogP contribution < -0.4 is 5.32 Å². The van der Waals surface area contributed by atoms with Crippen LogP contribution in [0.3, 0.4) is 0 Å². The third-order valence-electron chi connectivity index (χ3n) is 4.18. The fourth-order valence-electron chi connectivity index (χ4n) is 3.24. The van der Waals surface area contributed by atoms with Crippen LogP contribution in [0.2, 0.25) is 0 Å². The highest BCUT2D eigenvalue weighted by Gasteiger charge is 2.30. The quantitative estimate of drug-likeness (QED) is 0.835. The van der Waals surface area contributed by atoms with Gasteiger partial charge in [0, 0.05) is 0 Å². The maximum Gasteiger partial charge on any atom is 0.0611 e. The molecule has 1 N–H and O–H groups in total. The summed E-state index contributed by atoms with van der Waals surface area (Å²) in [5.74, 6) is 0. The molecule has 0 amide bonds. The zero-order chi connectivity index (χ0) is 13.9. The Morgan fingerprint density at radius 1 is 0.950 bits per heavy atom. The highest BCUT2D eigenvalue weighted by Crippen LogP contribution is 2.45. The molecule has 2 aromatic rings. The zero-order valence-electron chi connectivity index (χ0n) is 12.3. The van der Waals surface area contributed by atoms with Gasteiger partial charge < -0.3 is 5.32 Å². The van der Waals surface area contributed by atoms with Crippen molar-refractivity contribution in [1.82, 2.24) is 10.2 Å². The topological polar surface area (TPSA) is 15.3 Å². The number of nitrogens with zero attached hydrogens (tertiary/aromatic N) is 1. The summed E-state index contributed by atoms with van der Waals surface area (Å²) in [5.41, 5.74) is 5.68. The monoisotopic (exact) mass is 266 g/mol. The molecular formula is C18H22N2. The third-order valence-corrected chi connectivity index (χ3v) is 4.18. The molecule has 0 bridgehead atoms. The predicted octanol–water partition coefficient (Wildman–Crippen LogP) is 3.30. The van der Waals surface area contributed by atoms with Crippen LogP contribution >= 0.6 is 0 Å². The number of hydrogen-bond donors (Lipinski definition) is 1. The molecule has 2 heteroatoms. The van der Waals surface area contributed by atoms with Crippen LogP contribution in [0.1, 0.15) is 23.6 Å². The van der Waals surface area contributed by atoms with E-state index in [4.69, 9.17) is 0 Å². The molecule has 0 aromatic heterocycles. The van der Waals surface area contributed by atoms with Crippen molar-refractivity contribution in [2.24, 2.45) is 0 Å². The fourth-order valence-corrected chi connectivity index (χ4v) is 3.24. The molecule has 0 aliphatic heterocycles. The van der Waals surface area contributed by atoms with Crippen molar-refractivity contribution in [2.75, 3.05) is 27.2 Å². The maximum atomic E-state index is 3.23. The lowest BCUT2D eigenvalue weighted by Gasteiger charge is -2.26. The molecule has 3 rings (SSSR count). The first-order valence-electron chi connectivity index (χ1n) is 7.36. The standard InChI is InChI=1S/C18H22N2/c1-19-12-7-13-20(2)18-16-10-5-3-8-14(16)15-9-4-6-11-17(15)18/h3-6,8-11,18-19H,7,12-13H2,1-2H3. The molecule has 0 radical (unpaired) electrons. The van der Waals surface area contributed by atoms with E-state index >= 15 is 0 Å². The van der Waals surface area contributed by atoms with Gasteiger partial charge in [-0.2, -0.15) is 0 Å². The Morgan fingerprint density at radius 3 is 2.05 bits per heavy atom. The number of rotatable bonds is 5. The Bertz CT molecular complexity index is 546. The average Bonchev–Trinajstić information content (AvgIpc) is 2.82. The Balaban J connectivity index is 1.94. The van der Waals surface area contributed by atoms with Crippen molar-refractivity contribution in [2.45, 2.75) is 12.5 Å². The molecule has 2 nitrogen and oxygen atoms in total. The van der Waals surface area contributed by atoms with E-state index in [0.29, 0.717) is 6.04 Å². The van der Waals surface area contributed by atoms with Crippen molar-refractivity contribution < 1.29 is 0 Å². The number of benzene rings is 2. The summed E-state index contributed by atoms with van der Waals surface area (Å²) < 4.78 is 0. The van der Waals surface area contributed by atoms with E-state index in [9.17, 15) is 0 Å². The number of hydrogen-bond acceptors (Lipinski definition) is 2. The van der Waals surface area contributed by atoms with Gasteiger partial charge in [-0.3, -0.25) is 4.90 Å². The number of fused-ring (bicyclic) bond motifs is 3. The number of nitrogens with one attached hydrogen (secondary N) is 1. The molecule has 20 heavy (non-hydrogen) atoms. The first kappa shape index (κ1) is 13.3. The molecule has 0 heterocycles. The van der Waals surface area contributed by atoms with E-state index in [0.717, 1.165) is 13.1 Å². The smallest absolute Gasteiger partial charge is 0.0611 e. The molecule has 0 unspecified atom stereocenters. The zero-order valence-corrected chi connectivity index (χ0v) is 12.3. The summed E-state index contributed by atoms with van der Waals surface area (Å²) in [6.07, 6.45) is 1.17. The van der Waals surface area contributed by atoms with Crippen LogP contribution in [-0.4, -0.2) is 32.1 Å². The van der Waals surface area contributed by atoms with Crippen LogP contribution in [0.5, 0.6) is 0 Å². The summed E-state index contributed by atoms with van der Waals surface area (Å²) in [6, 6.07) is 18.0. The second kappa shape index (κ2) is 5.78. The van der Waals surface area contributed by atoms with Crippen LogP contribution in [0, 0.1) is 0 Å². The highest BCUT2D eigenvalue weighted by molar-refractivity contribution is 5.78. The summed E-state index contributed by atoms with van der Waals surface area (Å²) in [7, 11) is 4.25. The van der Waals surface area contributed by atoms with Crippen molar-refractivity contribution >= 4 is 0 Å². The Labute approximate surface area is 121 Å². The van der Waals surface area contributed by atoms with E-state index in [2.05, 4.69) is 65.8 Å². The molecule has 0 atom stereocenters. The van der Waals surface area contributed by atoms with Crippen molar-refractivity contribution in [1.29, 1.82) is 0 Å². The van der Waals surface area contributed by atoms with E-state index in [1.165, 1.54) is 28.7 Å². The second-order valence-electron chi connectivity index (χ2n) is 5.51. The molecule has 0 saturated heterocycles. The van der Waals surface area contributed by atoms with Crippen LogP contribution in [0.15, 0.2) is 48.5 Å². The van der Waals surface area contributed by atoms with Gasteiger partial charge in [-0.25, -0.2) is 0 Å². The summed E-state index contributed by atoms with van der Waals surface area (Å²) >= 11 is 0. The van der Waals surface area contributed by atoms with Crippen LogP contribution in [0.4, 0.5) is 0 Å². The first-order chi connectivity index (χ1) is 9.83. The average molecular weight is 266 g/mol. The predicted molar refractivity (Wildman–Crippen MR) is 84.9 cm³/mol. The molecule has 0 fully saturated rings. The minimum atomic E-state index is 0.402. The summed E-state index contributed by atoms with van der Waals surface area (Å²) in [5, 5.41) is 3.23. The maximum absolute atomic E-state index is 3.23. The van der Waals surface area contributed by atoms with E-state index in [1.54, 1.807) is 0 Å². The van der Waals surface area contributed by atoms with Gasteiger partial charge in [0.1, 0.15) is 0 Å². The minimum Gasteiger partial charge on any atom is -0.320 e. The normalized spacial score (nSPS) is 13.6. The Morgan fingerprint density at radius 2 is 1.50 bits per heavy atom. The van der Waals surface area contributed by atoms with Crippen molar-refractivity contribution in [3.05, 3.63) is 59.7 Å². The second-order valence-corrected chi connectivity index (χ2v) is 5.51. The molecule has 0 spiro atoms. The highest BCUT2D eigenvalue weighted by atomic mass is 15.1. The van der Waals surface area contributed by atoms with Crippen molar-refractivity contribution in [3.63, 3.8) is 0 Å². The molecule has 1 aliphatic carbocycles. The molecule has 2 aromatic carbocycles.